The van der Waals surface area contributed by atoms with Crippen molar-refractivity contribution in [2.24, 2.45) is 0 Å². The third kappa shape index (κ3) is 2.05. The molecular formula is C16H15ClO. The Morgan fingerprint density at radius 1 is 1.00 bits per heavy atom. The Bertz CT molecular complexity index is 556. The van der Waals surface area contributed by atoms with Crippen LogP contribution in [-0.4, -0.2) is 11.7 Å². The van der Waals surface area contributed by atoms with Gasteiger partial charge in [-0.05, 0) is 41.7 Å². The molecule has 0 radical (unpaired) electrons. The number of aliphatic hydroxyl groups excluding tert-OH is 1. The number of benzene rings is 2. The van der Waals surface area contributed by atoms with Gasteiger partial charge in [0.05, 0.1) is 6.61 Å². The first kappa shape index (κ1) is 11.8. The van der Waals surface area contributed by atoms with Crippen molar-refractivity contribution in [3.8, 4) is 11.1 Å². The van der Waals surface area contributed by atoms with E-state index in [1.807, 2.05) is 18.2 Å². The fraction of sp³-hybridized carbons (Fsp3) is 0.250. The van der Waals surface area contributed by atoms with Crippen molar-refractivity contribution in [1.82, 2.24) is 0 Å². The number of hydrogen-bond donors (Lipinski definition) is 1. The standard InChI is InChI=1S/C16H15ClO/c17-15-3-1-2-13(10-15)12-4-6-14(7-5-12)16(11-18)8-9-16/h1-7,10,18H,8-9,11H2. The molecule has 1 saturated carbocycles. The lowest BCUT2D eigenvalue weighted by Crippen LogP contribution is -2.11. The van der Waals surface area contributed by atoms with Crippen molar-refractivity contribution in [3.05, 3.63) is 59.1 Å². The molecule has 1 fully saturated rings. The Balaban J connectivity index is 1.92. The van der Waals surface area contributed by atoms with Gasteiger partial charge in [0, 0.05) is 10.4 Å². The first-order valence-corrected chi connectivity index (χ1v) is 6.59. The van der Waals surface area contributed by atoms with Crippen molar-refractivity contribution < 1.29 is 5.11 Å². The molecule has 92 valence electrons. The van der Waals surface area contributed by atoms with Crippen LogP contribution >= 0.6 is 11.6 Å². The van der Waals surface area contributed by atoms with Gasteiger partial charge in [0.2, 0.25) is 0 Å². The minimum Gasteiger partial charge on any atom is -0.395 e. The molecule has 1 nitrogen and oxygen atoms in total. The fourth-order valence-corrected chi connectivity index (χ4v) is 2.56. The monoisotopic (exact) mass is 258 g/mol. The molecule has 0 amide bonds. The van der Waals surface area contributed by atoms with E-state index in [-0.39, 0.29) is 12.0 Å². The first-order chi connectivity index (χ1) is 8.73. The molecule has 1 N–H and O–H groups in total. The highest BCUT2D eigenvalue weighted by Crippen LogP contribution is 2.47. The van der Waals surface area contributed by atoms with Crippen LogP contribution in [-0.2, 0) is 5.41 Å². The number of aliphatic hydroxyl groups is 1. The van der Waals surface area contributed by atoms with Crippen LogP contribution in [0.2, 0.25) is 5.02 Å². The summed E-state index contributed by atoms with van der Waals surface area (Å²) in [6, 6.07) is 16.3. The summed E-state index contributed by atoms with van der Waals surface area (Å²) in [7, 11) is 0. The van der Waals surface area contributed by atoms with Crippen LogP contribution in [0.1, 0.15) is 18.4 Å². The van der Waals surface area contributed by atoms with Crippen LogP contribution in [0.5, 0.6) is 0 Å². The molecule has 2 heteroatoms. The zero-order valence-corrected chi connectivity index (χ0v) is 10.8. The molecule has 2 aromatic carbocycles. The van der Waals surface area contributed by atoms with Crippen LogP contribution in [0, 0.1) is 0 Å². The predicted octanol–water partition coefficient (Wildman–Crippen LogP) is 4.03. The molecule has 3 rings (SSSR count). The Hall–Kier alpha value is -1.31. The summed E-state index contributed by atoms with van der Waals surface area (Å²) in [5, 5.41) is 10.2. The average molecular weight is 259 g/mol. The Labute approximate surface area is 112 Å². The molecule has 0 spiro atoms. The van der Waals surface area contributed by atoms with Gasteiger partial charge in [0.15, 0.2) is 0 Å². The number of halogens is 1. The maximum atomic E-state index is 9.42. The normalized spacial score (nSPS) is 16.6. The van der Waals surface area contributed by atoms with Gasteiger partial charge in [-0.2, -0.15) is 0 Å². The molecule has 0 unspecified atom stereocenters. The van der Waals surface area contributed by atoms with Crippen molar-refractivity contribution in [2.45, 2.75) is 18.3 Å². The van der Waals surface area contributed by atoms with Crippen LogP contribution < -0.4 is 0 Å². The maximum absolute atomic E-state index is 9.42. The molecule has 1 aliphatic carbocycles. The molecule has 0 aliphatic heterocycles. The van der Waals surface area contributed by atoms with Gasteiger partial charge in [-0.3, -0.25) is 0 Å². The first-order valence-electron chi connectivity index (χ1n) is 6.21. The maximum Gasteiger partial charge on any atom is 0.0527 e. The quantitative estimate of drug-likeness (QED) is 0.881. The molecule has 18 heavy (non-hydrogen) atoms. The van der Waals surface area contributed by atoms with E-state index in [1.165, 1.54) is 5.56 Å². The molecule has 0 aromatic heterocycles. The Kier molecular flexibility index (Phi) is 2.89. The minimum atomic E-state index is 0.0485. The predicted molar refractivity (Wildman–Crippen MR) is 74.9 cm³/mol. The van der Waals surface area contributed by atoms with Crippen molar-refractivity contribution in [3.63, 3.8) is 0 Å². The summed E-state index contributed by atoms with van der Waals surface area (Å²) in [4.78, 5) is 0. The highest BCUT2D eigenvalue weighted by Gasteiger charge is 2.43. The Morgan fingerprint density at radius 3 is 2.28 bits per heavy atom. The van der Waals surface area contributed by atoms with Gasteiger partial charge < -0.3 is 5.11 Å². The molecule has 0 atom stereocenters. The summed E-state index contributed by atoms with van der Waals surface area (Å²) in [6.07, 6.45) is 2.19. The van der Waals surface area contributed by atoms with E-state index >= 15 is 0 Å². The second kappa shape index (κ2) is 4.42. The fourth-order valence-electron chi connectivity index (χ4n) is 2.37. The molecular weight excluding hydrogens is 244 g/mol. The lowest BCUT2D eigenvalue weighted by Gasteiger charge is -2.12. The topological polar surface area (TPSA) is 20.2 Å². The second-order valence-electron chi connectivity index (χ2n) is 5.03. The summed E-state index contributed by atoms with van der Waals surface area (Å²) < 4.78 is 0. The molecule has 1 aliphatic rings. The van der Waals surface area contributed by atoms with E-state index in [0.29, 0.717) is 0 Å². The zero-order valence-electron chi connectivity index (χ0n) is 10.1. The minimum absolute atomic E-state index is 0.0485. The SMILES string of the molecule is OCC1(c2ccc(-c3cccc(Cl)c3)cc2)CC1. The summed E-state index contributed by atoms with van der Waals surface area (Å²) in [6.45, 7) is 0.253. The lowest BCUT2D eigenvalue weighted by molar-refractivity contribution is 0.255. The van der Waals surface area contributed by atoms with Gasteiger partial charge in [-0.1, -0.05) is 48.0 Å². The molecule has 2 aromatic rings. The van der Waals surface area contributed by atoms with E-state index in [4.69, 9.17) is 11.6 Å². The molecule has 0 heterocycles. The van der Waals surface area contributed by atoms with E-state index in [9.17, 15) is 5.11 Å². The lowest BCUT2D eigenvalue weighted by atomic mass is 9.94. The van der Waals surface area contributed by atoms with Crippen molar-refractivity contribution >= 4 is 11.6 Å². The van der Waals surface area contributed by atoms with E-state index in [2.05, 4.69) is 30.3 Å². The van der Waals surface area contributed by atoms with Gasteiger partial charge in [0.25, 0.3) is 0 Å². The summed E-state index contributed by atoms with van der Waals surface area (Å²) >= 11 is 6.00. The van der Waals surface area contributed by atoms with Crippen LogP contribution in [0.25, 0.3) is 11.1 Å². The molecule has 0 saturated heterocycles. The van der Waals surface area contributed by atoms with E-state index in [0.717, 1.165) is 29.0 Å². The van der Waals surface area contributed by atoms with Crippen LogP contribution in [0.15, 0.2) is 48.5 Å². The van der Waals surface area contributed by atoms with E-state index in [1.54, 1.807) is 0 Å². The molecule has 0 bridgehead atoms. The number of rotatable bonds is 3. The third-order valence-corrected chi connectivity index (χ3v) is 4.05. The van der Waals surface area contributed by atoms with E-state index < -0.39 is 0 Å². The van der Waals surface area contributed by atoms with Gasteiger partial charge in [-0.25, -0.2) is 0 Å². The Morgan fingerprint density at radius 2 is 1.72 bits per heavy atom. The van der Waals surface area contributed by atoms with Crippen molar-refractivity contribution in [1.29, 1.82) is 0 Å². The highest BCUT2D eigenvalue weighted by molar-refractivity contribution is 6.30. The highest BCUT2D eigenvalue weighted by atomic mass is 35.5. The largest absolute Gasteiger partial charge is 0.395 e. The number of hydrogen-bond acceptors (Lipinski definition) is 1. The van der Waals surface area contributed by atoms with Crippen molar-refractivity contribution in [2.75, 3.05) is 6.61 Å². The van der Waals surface area contributed by atoms with Crippen LogP contribution in [0.4, 0.5) is 0 Å². The van der Waals surface area contributed by atoms with Gasteiger partial charge in [-0.15, -0.1) is 0 Å². The van der Waals surface area contributed by atoms with Gasteiger partial charge >= 0.3 is 0 Å². The smallest absolute Gasteiger partial charge is 0.0527 e. The summed E-state index contributed by atoms with van der Waals surface area (Å²) in [5.74, 6) is 0. The zero-order chi connectivity index (χ0) is 12.6. The average Bonchev–Trinajstić information content (AvgIpc) is 3.20. The third-order valence-electron chi connectivity index (χ3n) is 3.81. The second-order valence-corrected chi connectivity index (χ2v) is 5.46. The van der Waals surface area contributed by atoms with Crippen LogP contribution in [0.3, 0.4) is 0 Å². The van der Waals surface area contributed by atoms with Gasteiger partial charge in [0.1, 0.15) is 0 Å². The summed E-state index contributed by atoms with van der Waals surface area (Å²) in [5.41, 5.74) is 3.58.